The lowest BCUT2D eigenvalue weighted by Crippen LogP contribution is -2.20. The number of nitrogens with one attached hydrogen (secondary N) is 1. The van der Waals surface area contributed by atoms with Gasteiger partial charge >= 0.3 is 6.18 Å². The highest BCUT2D eigenvalue weighted by molar-refractivity contribution is 7.22. The van der Waals surface area contributed by atoms with Crippen molar-refractivity contribution in [3.63, 3.8) is 0 Å². The normalized spacial score (nSPS) is 11.5. The standard InChI is InChI=1S/C23H17F3N8OS/c24-23(25,26)15-5-3-6-16(11-15)29-20(35)14-33-12-17(31-32-33)13-34(21-27-9-4-10-28-21)22-30-18-7-1-2-8-19(18)36-22/h1-12H,13-14H2,(H,29,35). The SMILES string of the molecule is O=C(Cn1cc(CN(c2ncccn2)c2nc3ccccc3s2)nn1)Nc1cccc(C(F)(F)F)c1. The molecule has 3 aromatic heterocycles. The zero-order chi connectivity index (χ0) is 25.1. The molecule has 13 heteroatoms. The van der Waals surface area contributed by atoms with E-state index in [0.29, 0.717) is 16.8 Å². The lowest BCUT2D eigenvalue weighted by molar-refractivity contribution is -0.137. The Morgan fingerprint density at radius 3 is 2.64 bits per heavy atom. The summed E-state index contributed by atoms with van der Waals surface area (Å²) >= 11 is 1.48. The predicted molar refractivity (Wildman–Crippen MR) is 128 cm³/mol. The summed E-state index contributed by atoms with van der Waals surface area (Å²) in [4.78, 5) is 27.5. The predicted octanol–water partition coefficient (Wildman–Crippen LogP) is 4.67. The molecule has 0 unspecified atom stereocenters. The number of benzene rings is 2. The number of rotatable bonds is 7. The summed E-state index contributed by atoms with van der Waals surface area (Å²) < 4.78 is 41.0. The van der Waals surface area contributed by atoms with Crippen molar-refractivity contribution in [1.82, 2.24) is 29.9 Å². The fraction of sp³-hybridized carbons (Fsp3) is 0.130. The Hall–Kier alpha value is -4.39. The largest absolute Gasteiger partial charge is 0.416 e. The van der Waals surface area contributed by atoms with Gasteiger partial charge in [-0.1, -0.05) is 34.7 Å². The molecule has 0 saturated carbocycles. The number of nitrogens with zero attached hydrogens (tertiary/aromatic N) is 7. The van der Waals surface area contributed by atoms with E-state index < -0.39 is 17.6 Å². The van der Waals surface area contributed by atoms with Crippen LogP contribution in [0.15, 0.2) is 73.2 Å². The van der Waals surface area contributed by atoms with Crippen molar-refractivity contribution in [3.05, 3.63) is 84.4 Å². The number of para-hydroxylation sites is 1. The molecule has 0 aliphatic rings. The van der Waals surface area contributed by atoms with Gasteiger partial charge in [0, 0.05) is 18.1 Å². The summed E-state index contributed by atoms with van der Waals surface area (Å²) in [6, 6.07) is 13.9. The van der Waals surface area contributed by atoms with Crippen LogP contribution < -0.4 is 10.2 Å². The zero-order valence-corrected chi connectivity index (χ0v) is 19.2. The van der Waals surface area contributed by atoms with E-state index in [1.54, 1.807) is 29.6 Å². The minimum absolute atomic E-state index is 0.0402. The summed E-state index contributed by atoms with van der Waals surface area (Å²) in [7, 11) is 0. The number of alkyl halides is 3. The quantitative estimate of drug-likeness (QED) is 0.339. The molecule has 9 nitrogen and oxygen atoms in total. The summed E-state index contributed by atoms with van der Waals surface area (Å²) in [5, 5.41) is 11.2. The summed E-state index contributed by atoms with van der Waals surface area (Å²) in [6.45, 7) is 0.00526. The first-order valence-corrected chi connectivity index (χ1v) is 11.4. The number of amides is 1. The third kappa shape index (κ3) is 5.30. The van der Waals surface area contributed by atoms with Crippen LogP contribution in [0.5, 0.6) is 0 Å². The van der Waals surface area contributed by atoms with Crippen molar-refractivity contribution in [1.29, 1.82) is 0 Å². The Balaban J connectivity index is 1.31. The molecule has 0 spiro atoms. The molecule has 36 heavy (non-hydrogen) atoms. The van der Waals surface area contributed by atoms with Crippen LogP contribution in [0.1, 0.15) is 11.3 Å². The lowest BCUT2D eigenvalue weighted by atomic mass is 10.2. The monoisotopic (exact) mass is 510 g/mol. The van der Waals surface area contributed by atoms with E-state index in [1.165, 1.54) is 28.2 Å². The molecule has 0 radical (unpaired) electrons. The Morgan fingerprint density at radius 1 is 1.06 bits per heavy atom. The average Bonchev–Trinajstić information content (AvgIpc) is 3.49. The maximum Gasteiger partial charge on any atom is 0.416 e. The fourth-order valence-corrected chi connectivity index (χ4v) is 4.36. The molecular formula is C23H17F3N8OS. The number of carbonyl (C=O) groups excluding carboxylic acids is 1. The number of fused-ring (bicyclic) bond motifs is 1. The molecule has 2 aromatic carbocycles. The van der Waals surface area contributed by atoms with E-state index in [1.807, 2.05) is 24.3 Å². The summed E-state index contributed by atoms with van der Waals surface area (Å²) in [6.07, 6.45) is 0.323. The second-order valence-electron chi connectivity index (χ2n) is 7.63. The van der Waals surface area contributed by atoms with Gasteiger partial charge in [0.05, 0.1) is 28.5 Å². The Bertz CT molecular complexity index is 1470. The minimum Gasteiger partial charge on any atom is -0.324 e. The maximum absolute atomic E-state index is 12.9. The summed E-state index contributed by atoms with van der Waals surface area (Å²) in [5.41, 5.74) is 0.557. The van der Waals surface area contributed by atoms with Gasteiger partial charge in [-0.25, -0.2) is 19.6 Å². The van der Waals surface area contributed by atoms with Gasteiger partial charge in [0.2, 0.25) is 11.9 Å². The van der Waals surface area contributed by atoms with Crippen LogP contribution in [0.25, 0.3) is 10.2 Å². The van der Waals surface area contributed by atoms with Crippen molar-refractivity contribution in [2.45, 2.75) is 19.3 Å². The summed E-state index contributed by atoms with van der Waals surface area (Å²) in [5.74, 6) is -0.117. The molecule has 0 aliphatic carbocycles. The molecule has 1 amide bonds. The lowest BCUT2D eigenvalue weighted by Gasteiger charge is -2.17. The topological polar surface area (TPSA) is 102 Å². The van der Waals surface area contributed by atoms with E-state index in [9.17, 15) is 18.0 Å². The second-order valence-corrected chi connectivity index (χ2v) is 8.64. The first-order valence-electron chi connectivity index (χ1n) is 10.6. The highest BCUT2D eigenvalue weighted by Crippen LogP contribution is 2.33. The van der Waals surface area contributed by atoms with Crippen molar-refractivity contribution >= 4 is 44.2 Å². The first-order chi connectivity index (χ1) is 17.3. The molecule has 0 aliphatic heterocycles. The molecule has 182 valence electrons. The van der Waals surface area contributed by atoms with Crippen molar-refractivity contribution < 1.29 is 18.0 Å². The van der Waals surface area contributed by atoms with Crippen molar-refractivity contribution in [2.75, 3.05) is 10.2 Å². The number of halogens is 3. The van der Waals surface area contributed by atoms with Gasteiger partial charge in [0.1, 0.15) is 12.2 Å². The van der Waals surface area contributed by atoms with Gasteiger partial charge in [-0.2, -0.15) is 13.2 Å². The number of anilines is 3. The smallest absolute Gasteiger partial charge is 0.324 e. The number of carbonyl (C=O) groups is 1. The molecule has 5 rings (SSSR count). The molecule has 0 saturated heterocycles. The number of hydrogen-bond acceptors (Lipinski definition) is 8. The van der Waals surface area contributed by atoms with E-state index in [-0.39, 0.29) is 18.8 Å². The van der Waals surface area contributed by atoms with E-state index in [4.69, 9.17) is 0 Å². The molecule has 0 fully saturated rings. The van der Waals surface area contributed by atoms with Gasteiger partial charge in [-0.3, -0.25) is 9.69 Å². The number of hydrogen-bond donors (Lipinski definition) is 1. The maximum atomic E-state index is 12.9. The third-order valence-electron chi connectivity index (χ3n) is 4.99. The first kappa shape index (κ1) is 23.4. The van der Waals surface area contributed by atoms with Gasteiger partial charge in [-0.15, -0.1) is 5.10 Å². The molecule has 0 atom stereocenters. The van der Waals surface area contributed by atoms with Crippen LogP contribution in [0.2, 0.25) is 0 Å². The highest BCUT2D eigenvalue weighted by Gasteiger charge is 2.30. The van der Waals surface area contributed by atoms with Gasteiger partial charge in [0.25, 0.3) is 0 Å². The number of thiazole rings is 1. The minimum atomic E-state index is -4.50. The van der Waals surface area contributed by atoms with Crippen molar-refractivity contribution in [3.8, 4) is 0 Å². The van der Waals surface area contributed by atoms with Crippen LogP contribution in [0.3, 0.4) is 0 Å². The molecule has 1 N–H and O–H groups in total. The molecular weight excluding hydrogens is 493 g/mol. The molecule has 0 bridgehead atoms. The van der Waals surface area contributed by atoms with E-state index in [2.05, 4.69) is 30.6 Å². The van der Waals surface area contributed by atoms with Gasteiger partial charge in [0.15, 0.2) is 5.13 Å². The Labute approximate surface area is 206 Å². The molecule has 5 aromatic rings. The second kappa shape index (κ2) is 9.70. The van der Waals surface area contributed by atoms with Crippen LogP contribution >= 0.6 is 11.3 Å². The van der Waals surface area contributed by atoms with E-state index in [0.717, 1.165) is 22.3 Å². The Morgan fingerprint density at radius 2 is 1.86 bits per heavy atom. The molecule has 3 heterocycles. The van der Waals surface area contributed by atoms with Crippen LogP contribution in [-0.2, 0) is 24.1 Å². The van der Waals surface area contributed by atoms with Crippen molar-refractivity contribution in [2.24, 2.45) is 0 Å². The van der Waals surface area contributed by atoms with Crippen LogP contribution in [-0.4, -0.2) is 35.9 Å². The third-order valence-corrected chi connectivity index (χ3v) is 6.05. The van der Waals surface area contributed by atoms with Gasteiger partial charge in [-0.05, 0) is 36.4 Å². The average molecular weight is 511 g/mol. The highest BCUT2D eigenvalue weighted by atomic mass is 32.1. The Kier molecular flexibility index (Phi) is 6.29. The fourth-order valence-electron chi connectivity index (χ4n) is 3.40. The van der Waals surface area contributed by atoms with E-state index >= 15 is 0 Å². The van der Waals surface area contributed by atoms with Gasteiger partial charge < -0.3 is 5.32 Å². The number of aromatic nitrogens is 6. The zero-order valence-electron chi connectivity index (χ0n) is 18.4. The van der Waals surface area contributed by atoms with Crippen LogP contribution in [0.4, 0.5) is 29.9 Å². The van der Waals surface area contributed by atoms with Crippen LogP contribution in [0, 0.1) is 0 Å².